The number of piperazine rings is 1. The second-order valence-electron chi connectivity index (χ2n) is 7.99. The molecule has 1 fully saturated rings. The molecule has 4 nitrogen and oxygen atoms in total. The minimum atomic E-state index is -0.436. The van der Waals surface area contributed by atoms with E-state index in [-0.39, 0.29) is 5.54 Å². The van der Waals surface area contributed by atoms with Crippen LogP contribution in [-0.4, -0.2) is 59.1 Å². The molecule has 1 aliphatic rings. The van der Waals surface area contributed by atoms with E-state index in [0.29, 0.717) is 12.1 Å². The van der Waals surface area contributed by atoms with Gasteiger partial charge in [-0.2, -0.15) is 5.26 Å². The van der Waals surface area contributed by atoms with Crippen molar-refractivity contribution in [3.63, 3.8) is 0 Å². The molecule has 0 bridgehead atoms. The van der Waals surface area contributed by atoms with E-state index < -0.39 is 5.54 Å². The molecule has 0 aromatic carbocycles. The van der Waals surface area contributed by atoms with Crippen molar-refractivity contribution in [2.75, 3.05) is 26.2 Å². The molecule has 4 heteroatoms. The van der Waals surface area contributed by atoms with E-state index >= 15 is 0 Å². The Labute approximate surface area is 131 Å². The summed E-state index contributed by atoms with van der Waals surface area (Å²) in [7, 11) is 0. The first kappa shape index (κ1) is 18.4. The molecule has 0 aromatic rings. The molecule has 2 atom stereocenters. The molecule has 0 spiro atoms. The average Bonchev–Trinajstić information content (AvgIpc) is 2.36. The lowest BCUT2D eigenvalue weighted by molar-refractivity contribution is 0.0397. The molecule has 1 aliphatic heterocycles. The van der Waals surface area contributed by atoms with Crippen LogP contribution in [0.25, 0.3) is 0 Å². The third kappa shape index (κ3) is 5.58. The first-order chi connectivity index (χ1) is 9.57. The largest absolute Gasteiger partial charge is 0.298 e. The highest BCUT2D eigenvalue weighted by Gasteiger charge is 2.32. The number of nitriles is 1. The van der Waals surface area contributed by atoms with Gasteiger partial charge in [0.2, 0.25) is 0 Å². The first-order valence-electron chi connectivity index (χ1n) is 8.25. The maximum atomic E-state index is 9.49. The molecular formula is C17H34N4. The van der Waals surface area contributed by atoms with Crippen molar-refractivity contribution >= 4 is 0 Å². The quantitative estimate of drug-likeness (QED) is 0.846. The van der Waals surface area contributed by atoms with E-state index in [0.717, 1.165) is 32.6 Å². The van der Waals surface area contributed by atoms with E-state index in [4.69, 9.17) is 0 Å². The van der Waals surface area contributed by atoms with Gasteiger partial charge in [0, 0.05) is 43.8 Å². The Bertz CT molecular complexity index is 358. The van der Waals surface area contributed by atoms with Gasteiger partial charge in [-0.25, -0.2) is 0 Å². The van der Waals surface area contributed by atoms with Crippen molar-refractivity contribution in [1.82, 2.24) is 15.1 Å². The second kappa shape index (κ2) is 7.09. The molecule has 0 radical (unpaired) electrons. The van der Waals surface area contributed by atoms with E-state index in [2.05, 4.69) is 62.7 Å². The molecule has 2 unspecified atom stereocenters. The minimum Gasteiger partial charge on any atom is -0.298 e. The summed E-state index contributed by atoms with van der Waals surface area (Å²) >= 11 is 0. The van der Waals surface area contributed by atoms with Crippen LogP contribution in [0.2, 0.25) is 0 Å². The molecule has 1 N–H and O–H groups in total. The lowest BCUT2D eigenvalue weighted by Gasteiger charge is -2.45. The van der Waals surface area contributed by atoms with Gasteiger partial charge in [0.25, 0.3) is 0 Å². The lowest BCUT2D eigenvalue weighted by Crippen LogP contribution is -2.57. The van der Waals surface area contributed by atoms with Crippen LogP contribution in [0.1, 0.15) is 54.9 Å². The number of nitrogens with zero attached hydrogens (tertiary/aromatic N) is 3. The summed E-state index contributed by atoms with van der Waals surface area (Å²) in [5.41, 5.74) is -0.176. The maximum absolute atomic E-state index is 9.49. The Morgan fingerprint density at radius 2 is 1.57 bits per heavy atom. The number of hydrogen-bond donors (Lipinski definition) is 1. The van der Waals surface area contributed by atoms with Gasteiger partial charge in [0.1, 0.15) is 5.54 Å². The van der Waals surface area contributed by atoms with Crippen molar-refractivity contribution in [2.24, 2.45) is 0 Å². The Morgan fingerprint density at radius 3 is 1.95 bits per heavy atom. The smallest absolute Gasteiger partial charge is 0.105 e. The summed E-state index contributed by atoms with van der Waals surface area (Å²) in [5, 5.41) is 12.9. The molecule has 0 aliphatic carbocycles. The van der Waals surface area contributed by atoms with Gasteiger partial charge in [-0.05, 0) is 54.9 Å². The molecule has 122 valence electrons. The molecular weight excluding hydrogens is 260 g/mol. The molecule has 0 amide bonds. The van der Waals surface area contributed by atoms with Crippen molar-refractivity contribution in [3.05, 3.63) is 0 Å². The van der Waals surface area contributed by atoms with Crippen LogP contribution >= 0.6 is 0 Å². The molecule has 1 heterocycles. The van der Waals surface area contributed by atoms with E-state index in [1.54, 1.807) is 0 Å². The topological polar surface area (TPSA) is 42.3 Å². The van der Waals surface area contributed by atoms with Gasteiger partial charge in [-0.1, -0.05) is 0 Å². The van der Waals surface area contributed by atoms with Crippen LogP contribution < -0.4 is 5.32 Å². The second-order valence-corrected chi connectivity index (χ2v) is 7.99. The third-order valence-corrected chi connectivity index (χ3v) is 4.44. The summed E-state index contributed by atoms with van der Waals surface area (Å²) in [5.74, 6) is 0. The fraction of sp³-hybridized carbons (Fsp3) is 0.941. The van der Waals surface area contributed by atoms with Crippen LogP contribution in [-0.2, 0) is 0 Å². The van der Waals surface area contributed by atoms with Crippen LogP contribution in [0.4, 0.5) is 0 Å². The third-order valence-electron chi connectivity index (χ3n) is 4.44. The zero-order valence-corrected chi connectivity index (χ0v) is 15.0. The van der Waals surface area contributed by atoms with Crippen molar-refractivity contribution in [2.45, 2.75) is 78.0 Å². The Balaban J connectivity index is 2.54. The van der Waals surface area contributed by atoms with Crippen LogP contribution in [0.5, 0.6) is 0 Å². The van der Waals surface area contributed by atoms with Gasteiger partial charge >= 0.3 is 0 Å². The average molecular weight is 294 g/mol. The summed E-state index contributed by atoms with van der Waals surface area (Å²) in [6, 6.07) is 3.23. The fourth-order valence-electron chi connectivity index (χ4n) is 3.33. The predicted molar refractivity (Wildman–Crippen MR) is 89.3 cm³/mol. The highest BCUT2D eigenvalue weighted by atomic mass is 15.3. The van der Waals surface area contributed by atoms with Crippen molar-refractivity contribution < 1.29 is 0 Å². The molecule has 1 rings (SSSR count). The summed E-state index contributed by atoms with van der Waals surface area (Å²) < 4.78 is 0. The van der Waals surface area contributed by atoms with Crippen LogP contribution in [0, 0.1) is 11.3 Å². The molecule has 1 saturated heterocycles. The number of hydrogen-bond acceptors (Lipinski definition) is 4. The van der Waals surface area contributed by atoms with Gasteiger partial charge in [0.15, 0.2) is 0 Å². The summed E-state index contributed by atoms with van der Waals surface area (Å²) in [6.07, 6.45) is 0.872. The lowest BCUT2D eigenvalue weighted by atomic mass is 9.93. The highest BCUT2D eigenvalue weighted by molar-refractivity contribution is 5.06. The SMILES string of the molecule is CC(C)NC(C)(C#N)CC(C)N1CCN(C(C)(C)C)CC1. The standard InChI is InChI=1S/C17H34N4/c1-14(2)19-17(7,13-18)12-15(3)20-8-10-21(11-9-20)16(4,5)6/h14-15,19H,8-12H2,1-7H3. The van der Waals surface area contributed by atoms with Crippen LogP contribution in [0.15, 0.2) is 0 Å². The Kier molecular flexibility index (Phi) is 6.22. The summed E-state index contributed by atoms with van der Waals surface area (Å²) in [6.45, 7) is 19.8. The van der Waals surface area contributed by atoms with Gasteiger partial charge in [-0.15, -0.1) is 0 Å². The monoisotopic (exact) mass is 294 g/mol. The van der Waals surface area contributed by atoms with Crippen LogP contribution in [0.3, 0.4) is 0 Å². The minimum absolute atomic E-state index is 0.260. The highest BCUT2D eigenvalue weighted by Crippen LogP contribution is 2.21. The van der Waals surface area contributed by atoms with Crippen molar-refractivity contribution in [3.8, 4) is 6.07 Å². The first-order valence-corrected chi connectivity index (χ1v) is 8.25. The Hall–Kier alpha value is -0.630. The van der Waals surface area contributed by atoms with Gasteiger partial charge < -0.3 is 0 Å². The number of nitrogens with one attached hydrogen (secondary N) is 1. The Morgan fingerprint density at radius 1 is 1.05 bits per heavy atom. The van der Waals surface area contributed by atoms with E-state index in [1.807, 2.05) is 6.92 Å². The zero-order valence-electron chi connectivity index (χ0n) is 15.0. The normalized spacial score (nSPS) is 22.8. The van der Waals surface area contributed by atoms with E-state index in [1.165, 1.54) is 0 Å². The summed E-state index contributed by atoms with van der Waals surface area (Å²) in [4.78, 5) is 5.08. The van der Waals surface area contributed by atoms with Gasteiger partial charge in [-0.3, -0.25) is 15.1 Å². The number of rotatable bonds is 5. The molecule has 0 saturated carbocycles. The molecule has 0 aromatic heterocycles. The fourth-order valence-corrected chi connectivity index (χ4v) is 3.33. The van der Waals surface area contributed by atoms with Gasteiger partial charge in [0.05, 0.1) is 6.07 Å². The zero-order chi connectivity index (χ0) is 16.3. The van der Waals surface area contributed by atoms with Crippen molar-refractivity contribution in [1.29, 1.82) is 5.26 Å². The maximum Gasteiger partial charge on any atom is 0.105 e. The predicted octanol–water partition coefficient (Wildman–Crippen LogP) is 2.46. The molecule has 21 heavy (non-hydrogen) atoms. The van der Waals surface area contributed by atoms with E-state index in [9.17, 15) is 5.26 Å².